The van der Waals surface area contributed by atoms with Gasteiger partial charge in [-0.25, -0.2) is 4.79 Å². The van der Waals surface area contributed by atoms with E-state index in [4.69, 9.17) is 10.5 Å². The van der Waals surface area contributed by atoms with E-state index in [2.05, 4.69) is 5.32 Å². The van der Waals surface area contributed by atoms with Crippen molar-refractivity contribution >= 4 is 35.0 Å². The number of aliphatic hydroxyl groups is 3. The van der Waals surface area contributed by atoms with E-state index >= 15 is 0 Å². The van der Waals surface area contributed by atoms with E-state index in [0.717, 1.165) is 0 Å². The van der Waals surface area contributed by atoms with E-state index in [-0.39, 0.29) is 11.3 Å². The Morgan fingerprint density at radius 2 is 1.68 bits per heavy atom. The van der Waals surface area contributed by atoms with Gasteiger partial charge in [0.1, 0.15) is 28.9 Å². The average molecular weight is 564 g/mol. The minimum absolute atomic E-state index is 0.0659. The second-order valence-electron chi connectivity index (χ2n) is 10.7. The van der Waals surface area contributed by atoms with E-state index < -0.39 is 81.7 Å². The minimum Gasteiger partial charge on any atom is -0.508 e. The van der Waals surface area contributed by atoms with Gasteiger partial charge in [0, 0.05) is 17.2 Å². The molecule has 0 unspecified atom stereocenters. The van der Waals surface area contributed by atoms with Gasteiger partial charge in [0.25, 0.3) is 5.91 Å². The lowest BCUT2D eigenvalue weighted by atomic mass is 9.54. The highest BCUT2D eigenvalue weighted by Crippen LogP contribution is 2.56. The number of Topliss-reactive ketones (excluding diaryl/α,β-unsaturated/α-hetero) is 2. The number of carbonyl (C=O) groups excluding carboxylic acids is 4. The molecule has 12 nitrogen and oxygen atoms in total. The fourth-order valence-corrected chi connectivity index (χ4v) is 6.48. The maximum Gasteiger partial charge on any atom is 0.411 e. The van der Waals surface area contributed by atoms with Crippen LogP contribution in [0, 0.1) is 11.8 Å². The summed E-state index contributed by atoms with van der Waals surface area (Å²) < 4.78 is 5.89. The second kappa shape index (κ2) is 9.75. The van der Waals surface area contributed by atoms with Crippen LogP contribution in [0.4, 0.5) is 10.5 Å². The molecule has 41 heavy (non-hydrogen) atoms. The van der Waals surface area contributed by atoms with Crippen molar-refractivity contribution in [1.29, 1.82) is 0 Å². The Labute approximate surface area is 234 Å². The predicted molar refractivity (Wildman–Crippen MR) is 145 cm³/mol. The van der Waals surface area contributed by atoms with Crippen molar-refractivity contribution in [3.8, 4) is 5.75 Å². The first-order chi connectivity index (χ1) is 19.3. The maximum absolute atomic E-state index is 14.2. The Hall–Kier alpha value is -4.68. The summed E-state index contributed by atoms with van der Waals surface area (Å²) in [7, 11) is 2.91. The summed E-state index contributed by atoms with van der Waals surface area (Å²) in [5.74, 6) is -9.38. The molecule has 0 aliphatic heterocycles. The number of ketones is 2. The van der Waals surface area contributed by atoms with Crippen molar-refractivity contribution < 1.29 is 44.3 Å². The zero-order valence-electron chi connectivity index (χ0n) is 22.4. The third-order valence-electron chi connectivity index (χ3n) is 8.23. The first-order valence-corrected chi connectivity index (χ1v) is 12.8. The number of benzene rings is 2. The van der Waals surface area contributed by atoms with Crippen molar-refractivity contribution in [2.75, 3.05) is 19.4 Å². The Kier molecular flexibility index (Phi) is 6.63. The number of nitrogens with zero attached hydrogens (tertiary/aromatic N) is 1. The molecule has 1 saturated carbocycles. The van der Waals surface area contributed by atoms with Crippen LogP contribution in [0.2, 0.25) is 0 Å². The number of phenols is 1. The number of aromatic hydroxyl groups is 1. The van der Waals surface area contributed by atoms with Crippen molar-refractivity contribution in [2.45, 2.75) is 30.6 Å². The van der Waals surface area contributed by atoms with E-state index in [9.17, 15) is 39.6 Å². The summed E-state index contributed by atoms with van der Waals surface area (Å²) in [6.07, 6.45) is -2.52. The smallest absolute Gasteiger partial charge is 0.411 e. The zero-order chi connectivity index (χ0) is 30.0. The molecule has 0 spiro atoms. The first-order valence-electron chi connectivity index (χ1n) is 12.8. The van der Waals surface area contributed by atoms with Gasteiger partial charge in [0.2, 0.25) is 5.78 Å². The number of fused-ring (bicyclic) bond motifs is 3. The summed E-state index contributed by atoms with van der Waals surface area (Å²) >= 11 is 0. The maximum atomic E-state index is 14.2. The van der Waals surface area contributed by atoms with Crippen LogP contribution in [0.3, 0.4) is 0 Å². The van der Waals surface area contributed by atoms with Crippen LogP contribution in [0.25, 0.3) is 5.76 Å². The molecular formula is C29H29N3O9. The highest BCUT2D eigenvalue weighted by atomic mass is 16.6. The van der Waals surface area contributed by atoms with Crippen LogP contribution in [0.15, 0.2) is 65.4 Å². The van der Waals surface area contributed by atoms with Gasteiger partial charge < -0.3 is 30.9 Å². The van der Waals surface area contributed by atoms with Gasteiger partial charge >= 0.3 is 6.09 Å². The Morgan fingerprint density at radius 3 is 2.29 bits per heavy atom. The number of para-hydroxylation sites is 1. The molecule has 0 heterocycles. The van der Waals surface area contributed by atoms with E-state index in [1.54, 1.807) is 49.4 Å². The highest BCUT2D eigenvalue weighted by molar-refractivity contribution is 6.24. The van der Waals surface area contributed by atoms with E-state index in [1.807, 2.05) is 0 Å². The lowest BCUT2D eigenvalue weighted by molar-refractivity contribution is -0.169. The SMILES string of the molecule is C[C@H]1c2cccc(O)c2C(O)=C2C(=O)[C@]3(O)C(O)=C(C(N)=O)C(=O)[C@@H](N(C)C)[C@@H]3[C@@H](OC(=O)Nc3ccccc3)[C@@H]21. The average Bonchev–Trinajstić information content (AvgIpc) is 2.90. The molecule has 12 heteroatoms. The quantitative estimate of drug-likeness (QED) is 0.298. The van der Waals surface area contributed by atoms with Gasteiger partial charge in [-0.05, 0) is 43.8 Å². The number of primary amides is 1. The van der Waals surface area contributed by atoms with Gasteiger partial charge in [0.15, 0.2) is 11.4 Å². The fraction of sp³-hybridized carbons (Fsp3) is 0.310. The molecule has 5 rings (SSSR count). The van der Waals surface area contributed by atoms with Gasteiger partial charge in [-0.2, -0.15) is 0 Å². The van der Waals surface area contributed by atoms with Crippen molar-refractivity contribution in [2.24, 2.45) is 17.6 Å². The molecule has 3 aliphatic rings. The van der Waals surface area contributed by atoms with Crippen molar-refractivity contribution in [3.63, 3.8) is 0 Å². The number of phenolic OH excluding ortho intramolecular Hbond substituents is 1. The molecular weight excluding hydrogens is 534 g/mol. The van der Waals surface area contributed by atoms with Crippen molar-refractivity contribution in [1.82, 2.24) is 4.90 Å². The third-order valence-corrected chi connectivity index (χ3v) is 8.23. The number of anilines is 1. The standard InChI is InChI=1S/C29H29N3O9/c1-12-14-10-7-11-15(33)17(14)22(34)18-16(12)24(41-28(39)31-13-8-5-4-6-9-13)20-21(32(2)3)23(35)19(27(30)38)26(37)29(20,40)25(18)36/h4-12,16,20-21,24,33-34,37,40H,1-3H3,(H2,30,38)(H,31,39)/t12-,16+,20+,21-,24-,29-/m0/s1. The van der Waals surface area contributed by atoms with Crippen LogP contribution in [0.5, 0.6) is 5.75 Å². The zero-order valence-corrected chi connectivity index (χ0v) is 22.4. The molecule has 2 aromatic rings. The number of ether oxygens (including phenoxy) is 1. The number of amides is 2. The molecule has 7 N–H and O–H groups in total. The lowest BCUT2D eigenvalue weighted by Gasteiger charge is -2.54. The summed E-state index contributed by atoms with van der Waals surface area (Å²) in [5, 5.41) is 47.7. The van der Waals surface area contributed by atoms with Crippen LogP contribution in [-0.4, -0.2) is 80.7 Å². The number of likely N-dealkylation sites (N-methyl/N-ethyl adjacent to an activating group) is 1. The minimum atomic E-state index is -3.01. The van der Waals surface area contributed by atoms with Crippen LogP contribution in [-0.2, 0) is 19.1 Å². The molecule has 0 aromatic heterocycles. The predicted octanol–water partition coefficient (Wildman–Crippen LogP) is 1.75. The topological polar surface area (TPSA) is 200 Å². The number of hydrogen-bond acceptors (Lipinski definition) is 10. The Bertz CT molecular complexity index is 1550. The normalized spacial score (nSPS) is 29.0. The van der Waals surface area contributed by atoms with Gasteiger partial charge in [-0.15, -0.1) is 0 Å². The first kappa shape index (κ1) is 27.9. The van der Waals surface area contributed by atoms with Gasteiger partial charge in [0.05, 0.1) is 17.5 Å². The molecule has 0 saturated heterocycles. The number of hydrogen-bond donors (Lipinski definition) is 6. The Balaban J connectivity index is 1.78. The lowest BCUT2D eigenvalue weighted by Crippen LogP contribution is -2.71. The fourth-order valence-electron chi connectivity index (χ4n) is 6.48. The molecule has 2 amide bonds. The van der Waals surface area contributed by atoms with E-state index in [0.29, 0.717) is 11.3 Å². The number of aliphatic hydroxyl groups excluding tert-OH is 2. The molecule has 214 valence electrons. The monoisotopic (exact) mass is 563 g/mol. The molecule has 1 fully saturated rings. The van der Waals surface area contributed by atoms with Crippen LogP contribution >= 0.6 is 0 Å². The summed E-state index contributed by atoms with van der Waals surface area (Å²) in [5.41, 5.74) is 1.69. The van der Waals surface area contributed by atoms with Gasteiger partial charge in [-0.1, -0.05) is 37.3 Å². The summed E-state index contributed by atoms with van der Waals surface area (Å²) in [6.45, 7) is 1.68. The number of nitrogens with two attached hydrogens (primary N) is 1. The number of nitrogens with one attached hydrogen (secondary N) is 1. The van der Waals surface area contributed by atoms with Gasteiger partial charge in [-0.3, -0.25) is 24.6 Å². The molecule has 3 aliphatic carbocycles. The van der Waals surface area contributed by atoms with Crippen molar-refractivity contribution in [3.05, 3.63) is 76.6 Å². The third kappa shape index (κ3) is 3.98. The Morgan fingerprint density at radius 1 is 1.02 bits per heavy atom. The largest absolute Gasteiger partial charge is 0.508 e. The molecule has 2 aromatic carbocycles. The van der Waals surface area contributed by atoms with Crippen LogP contribution in [0.1, 0.15) is 24.0 Å². The summed E-state index contributed by atoms with van der Waals surface area (Å²) in [6, 6.07) is 11.3. The molecule has 0 radical (unpaired) electrons. The number of rotatable bonds is 4. The highest BCUT2D eigenvalue weighted by Gasteiger charge is 2.69. The summed E-state index contributed by atoms with van der Waals surface area (Å²) in [4.78, 5) is 54.6. The number of carbonyl (C=O) groups is 4. The molecule has 6 atom stereocenters. The molecule has 0 bridgehead atoms. The van der Waals surface area contributed by atoms with Crippen LogP contribution < -0.4 is 11.1 Å². The van der Waals surface area contributed by atoms with E-state index in [1.165, 1.54) is 25.1 Å². The second-order valence-corrected chi connectivity index (χ2v) is 10.7.